The second-order valence-corrected chi connectivity index (χ2v) is 22.2. The van der Waals surface area contributed by atoms with Crippen molar-refractivity contribution in [3.05, 3.63) is 376 Å². The van der Waals surface area contributed by atoms with Crippen LogP contribution in [0.25, 0.3) is 27.5 Å². The van der Waals surface area contributed by atoms with Crippen LogP contribution in [0, 0.1) is 0 Å². The van der Waals surface area contributed by atoms with Gasteiger partial charge in [0.1, 0.15) is 11.5 Å². The summed E-state index contributed by atoms with van der Waals surface area (Å²) in [6, 6.07) is 133. The molecule has 0 saturated heterocycles. The molecule has 15 aromatic rings. The second-order valence-electron chi connectivity index (χ2n) is 22.2. The lowest BCUT2D eigenvalue weighted by Gasteiger charge is -2.33. The van der Waals surface area contributed by atoms with Crippen LogP contribution in [0.15, 0.2) is 376 Å². The van der Waals surface area contributed by atoms with Gasteiger partial charge in [-0.1, -0.05) is 194 Å². The van der Waals surface area contributed by atoms with Gasteiger partial charge in [-0.2, -0.15) is 0 Å². The molecule has 0 aliphatic heterocycles. The largest absolute Gasteiger partial charge is 0.457 e. The number of anilines is 15. The first kappa shape index (κ1) is 55.3. The van der Waals surface area contributed by atoms with Gasteiger partial charge in [-0.3, -0.25) is 0 Å². The summed E-state index contributed by atoms with van der Waals surface area (Å²) in [6.45, 7) is 0. The van der Waals surface area contributed by atoms with Gasteiger partial charge in [0.15, 0.2) is 0 Å². The lowest BCUT2D eigenvalue weighted by molar-refractivity contribution is 0.483. The third-order valence-corrected chi connectivity index (χ3v) is 16.4. The van der Waals surface area contributed by atoms with Gasteiger partial charge in [-0.15, -0.1) is 0 Å². The number of nitrogens with zero attached hydrogens (tertiary/aromatic N) is 6. The Labute approximate surface area is 531 Å². The third kappa shape index (κ3) is 11.3. The van der Waals surface area contributed by atoms with Crippen LogP contribution in [0.4, 0.5) is 85.3 Å². The molecule has 0 amide bonds. The highest BCUT2D eigenvalue weighted by atomic mass is 16.5. The lowest BCUT2D eigenvalue weighted by Crippen LogP contribution is -2.16. The number of hydrogen-bond acceptors (Lipinski definition) is 6. The summed E-state index contributed by atoms with van der Waals surface area (Å²) in [4.78, 5) is 11.7. The molecular formula is C84H62N6O. The molecule has 0 radical (unpaired) electrons. The summed E-state index contributed by atoms with van der Waals surface area (Å²) < 4.78 is 9.82. The number of para-hydroxylation sites is 10. The van der Waals surface area contributed by atoms with E-state index in [4.69, 9.17) is 4.74 Å². The number of rotatable bonds is 18. The topological polar surface area (TPSA) is 30.4 Å². The molecule has 1 heterocycles. The van der Waals surface area contributed by atoms with Crippen molar-refractivity contribution in [3.63, 3.8) is 0 Å². The van der Waals surface area contributed by atoms with E-state index >= 15 is 0 Å². The summed E-state index contributed by atoms with van der Waals surface area (Å²) in [6.07, 6.45) is 0. The lowest BCUT2D eigenvalue weighted by atomic mass is 10.1. The SMILES string of the molecule is c1ccc(N(c2ccccc2)c2cc(N(c3ccccc3)c3ccccc3)cc(N(c3ccccc3)c3cccc(Oc4cc(N(c5ccccc5)c5ccccc5)cc(N(c5ccccc5)c5cccc6c5c5ccccc5n6-c5ccccc5)c4)c3)c2)cc1. The molecule has 0 N–H and O–H groups in total. The van der Waals surface area contributed by atoms with Crippen LogP contribution in [0.2, 0.25) is 0 Å². The summed E-state index contributed by atoms with van der Waals surface area (Å²) in [5, 5.41) is 2.28. The van der Waals surface area contributed by atoms with Crippen molar-refractivity contribution >= 4 is 107 Å². The maximum atomic E-state index is 7.44. The van der Waals surface area contributed by atoms with Crippen molar-refractivity contribution in [1.82, 2.24) is 4.57 Å². The van der Waals surface area contributed by atoms with Crippen LogP contribution in [-0.4, -0.2) is 4.57 Å². The normalized spacial score (nSPS) is 11.1. The Balaban J connectivity index is 0.927. The minimum absolute atomic E-state index is 0.652. The van der Waals surface area contributed by atoms with Crippen LogP contribution in [0.5, 0.6) is 11.5 Å². The van der Waals surface area contributed by atoms with Crippen molar-refractivity contribution in [2.45, 2.75) is 0 Å². The Morgan fingerprint density at radius 1 is 0.198 bits per heavy atom. The number of hydrogen-bond donors (Lipinski definition) is 0. The van der Waals surface area contributed by atoms with E-state index in [0.717, 1.165) is 113 Å². The van der Waals surface area contributed by atoms with Gasteiger partial charge in [-0.25, -0.2) is 0 Å². The van der Waals surface area contributed by atoms with E-state index in [1.807, 2.05) is 0 Å². The number of benzene rings is 14. The average molecular weight is 1170 g/mol. The predicted octanol–water partition coefficient (Wildman–Crippen LogP) is 23.9. The monoisotopic (exact) mass is 1170 g/mol. The molecule has 0 fully saturated rings. The van der Waals surface area contributed by atoms with Gasteiger partial charge >= 0.3 is 0 Å². The number of aromatic nitrogens is 1. The van der Waals surface area contributed by atoms with E-state index in [1.54, 1.807) is 0 Å². The van der Waals surface area contributed by atoms with Gasteiger partial charge < -0.3 is 33.8 Å². The van der Waals surface area contributed by atoms with Crippen molar-refractivity contribution in [1.29, 1.82) is 0 Å². The predicted molar refractivity (Wildman–Crippen MR) is 381 cm³/mol. The van der Waals surface area contributed by atoms with Gasteiger partial charge in [-0.05, 0) is 164 Å². The first-order chi connectivity index (χ1) is 45.2. The van der Waals surface area contributed by atoms with E-state index in [-0.39, 0.29) is 0 Å². The van der Waals surface area contributed by atoms with Crippen molar-refractivity contribution in [2.24, 2.45) is 0 Å². The van der Waals surface area contributed by atoms with Crippen LogP contribution < -0.4 is 29.2 Å². The summed E-state index contributed by atoms with van der Waals surface area (Å²) in [5.41, 5.74) is 18.1. The summed E-state index contributed by atoms with van der Waals surface area (Å²) >= 11 is 0. The molecule has 0 spiro atoms. The molecule has 7 nitrogen and oxygen atoms in total. The molecular weight excluding hydrogens is 1110 g/mol. The summed E-state index contributed by atoms with van der Waals surface area (Å²) in [5.74, 6) is 1.31. The first-order valence-electron chi connectivity index (χ1n) is 30.7. The molecule has 14 aromatic carbocycles. The van der Waals surface area contributed by atoms with Crippen LogP contribution in [0.1, 0.15) is 0 Å². The molecule has 0 saturated carbocycles. The van der Waals surface area contributed by atoms with E-state index < -0.39 is 0 Å². The zero-order chi connectivity index (χ0) is 60.7. The fraction of sp³-hybridized carbons (Fsp3) is 0. The van der Waals surface area contributed by atoms with Crippen molar-refractivity contribution in [3.8, 4) is 17.2 Å². The van der Waals surface area contributed by atoms with E-state index in [1.165, 1.54) is 0 Å². The Morgan fingerprint density at radius 3 is 0.890 bits per heavy atom. The molecule has 0 aliphatic rings. The minimum Gasteiger partial charge on any atom is -0.457 e. The first-order valence-corrected chi connectivity index (χ1v) is 30.7. The fourth-order valence-electron chi connectivity index (χ4n) is 12.5. The van der Waals surface area contributed by atoms with E-state index in [0.29, 0.717) is 11.5 Å². The van der Waals surface area contributed by atoms with Gasteiger partial charge in [0.25, 0.3) is 0 Å². The Kier molecular flexibility index (Phi) is 15.3. The summed E-state index contributed by atoms with van der Waals surface area (Å²) in [7, 11) is 0. The van der Waals surface area contributed by atoms with Gasteiger partial charge in [0.05, 0.1) is 45.2 Å². The third-order valence-electron chi connectivity index (χ3n) is 16.4. The smallest absolute Gasteiger partial charge is 0.131 e. The molecule has 1 aromatic heterocycles. The van der Waals surface area contributed by atoms with Gasteiger partial charge in [0, 0.05) is 85.8 Å². The molecule has 0 bridgehead atoms. The Morgan fingerprint density at radius 2 is 0.484 bits per heavy atom. The zero-order valence-corrected chi connectivity index (χ0v) is 49.9. The molecule has 15 rings (SSSR count). The molecule has 0 aliphatic carbocycles. The van der Waals surface area contributed by atoms with Crippen molar-refractivity contribution < 1.29 is 4.74 Å². The minimum atomic E-state index is 0.652. The maximum Gasteiger partial charge on any atom is 0.131 e. The van der Waals surface area contributed by atoms with E-state index in [9.17, 15) is 0 Å². The van der Waals surface area contributed by atoms with Crippen LogP contribution in [-0.2, 0) is 0 Å². The van der Waals surface area contributed by atoms with Crippen molar-refractivity contribution in [2.75, 3.05) is 24.5 Å². The molecule has 91 heavy (non-hydrogen) atoms. The van der Waals surface area contributed by atoms with Crippen LogP contribution >= 0.6 is 0 Å². The highest BCUT2D eigenvalue weighted by Crippen LogP contribution is 2.50. The van der Waals surface area contributed by atoms with E-state index in [2.05, 4.69) is 405 Å². The molecule has 434 valence electrons. The Hall–Kier alpha value is -12.3. The number of ether oxygens (including phenoxy) is 1. The molecule has 0 unspecified atom stereocenters. The van der Waals surface area contributed by atoms with Gasteiger partial charge in [0.2, 0.25) is 0 Å². The van der Waals surface area contributed by atoms with Crippen LogP contribution in [0.3, 0.4) is 0 Å². The maximum absolute atomic E-state index is 7.44. The fourth-order valence-corrected chi connectivity index (χ4v) is 12.5. The molecule has 7 heteroatoms. The second kappa shape index (κ2) is 25.2. The number of fused-ring (bicyclic) bond motifs is 3. The highest BCUT2D eigenvalue weighted by molar-refractivity contribution is 6.16. The standard InChI is InChI=1S/C84H62N6O/c1-10-32-63(33-11-1)85(64-34-12-2-13-35-64)73-56-74(86(65-36-14-3-15-37-65)66-38-16-4-17-39-66)58-75(57-73)88(69-44-22-7-23-45-69)72-50-30-51-78(60-72)91-79-61-76(87(67-40-18-5-19-41-67)68-42-20-6-21-43-68)59-77(62-79)89(70-46-24-8-25-47-70)82-54-31-55-83-84(82)80-52-28-29-53-81(80)90(83)71-48-26-9-27-49-71/h1-62H. The Bertz CT molecular complexity index is 4690. The quantitative estimate of drug-likeness (QED) is 0.0851. The highest BCUT2D eigenvalue weighted by Gasteiger charge is 2.26. The average Bonchev–Trinajstić information content (AvgIpc) is 1.62. The zero-order valence-electron chi connectivity index (χ0n) is 49.9. The molecule has 0 atom stereocenters.